The molecule has 0 saturated heterocycles. The number of amides is 1. The molecule has 30 heavy (non-hydrogen) atoms. The molecule has 0 fully saturated rings. The summed E-state index contributed by atoms with van der Waals surface area (Å²) < 4.78 is 6.75. The number of para-hydroxylation sites is 1. The molecule has 1 aromatic heterocycles. The van der Waals surface area contributed by atoms with Crippen LogP contribution >= 0.6 is 11.3 Å². The monoisotopic (exact) mass is 426 g/mol. The number of thiazole rings is 1. The standard InChI is InChI=1S/C23H30N4O2S/c1-6-29-19-9-7-10-20-21(19)24-23(30-20)27(16-8-15-25(2)3)22(28)17-11-13-18(14-12-17)26(4)5/h7,9-14H,6,8,15-16H2,1-5H3. The van der Waals surface area contributed by atoms with Crippen LogP contribution in [-0.2, 0) is 0 Å². The second-order valence-corrected chi connectivity index (χ2v) is 8.60. The molecule has 7 heteroatoms. The molecular formula is C23H30N4O2S. The first-order chi connectivity index (χ1) is 14.4. The van der Waals surface area contributed by atoms with Gasteiger partial charge in [-0.3, -0.25) is 9.69 Å². The van der Waals surface area contributed by atoms with Gasteiger partial charge in [0.25, 0.3) is 5.91 Å². The Labute approximate surface area is 182 Å². The lowest BCUT2D eigenvalue weighted by molar-refractivity contribution is 0.0986. The van der Waals surface area contributed by atoms with Crippen molar-refractivity contribution in [1.82, 2.24) is 9.88 Å². The number of nitrogens with zero attached hydrogens (tertiary/aromatic N) is 4. The quantitative estimate of drug-likeness (QED) is 0.509. The minimum Gasteiger partial charge on any atom is -0.492 e. The van der Waals surface area contributed by atoms with Crippen LogP contribution in [-0.4, -0.2) is 63.7 Å². The summed E-state index contributed by atoms with van der Waals surface area (Å²) in [7, 11) is 8.05. The Morgan fingerprint density at radius 1 is 1.03 bits per heavy atom. The van der Waals surface area contributed by atoms with Crippen molar-refractivity contribution >= 4 is 38.3 Å². The van der Waals surface area contributed by atoms with E-state index in [2.05, 4.69) is 4.90 Å². The molecule has 0 unspecified atom stereocenters. The Morgan fingerprint density at radius 2 is 1.77 bits per heavy atom. The van der Waals surface area contributed by atoms with E-state index >= 15 is 0 Å². The lowest BCUT2D eigenvalue weighted by atomic mass is 10.1. The number of hydrogen-bond acceptors (Lipinski definition) is 6. The van der Waals surface area contributed by atoms with E-state index in [1.165, 1.54) is 11.3 Å². The Kier molecular flexibility index (Phi) is 7.29. The average Bonchev–Trinajstić information content (AvgIpc) is 3.16. The van der Waals surface area contributed by atoms with Crippen molar-refractivity contribution in [1.29, 1.82) is 0 Å². The van der Waals surface area contributed by atoms with Crippen LogP contribution in [0.5, 0.6) is 5.75 Å². The summed E-state index contributed by atoms with van der Waals surface area (Å²) in [5, 5.41) is 0.706. The minimum atomic E-state index is -0.0314. The number of rotatable bonds is 9. The second-order valence-electron chi connectivity index (χ2n) is 7.59. The number of benzene rings is 2. The molecule has 0 atom stereocenters. The number of carbonyl (C=O) groups excluding carboxylic acids is 1. The molecule has 0 N–H and O–H groups in total. The van der Waals surface area contributed by atoms with Crippen LogP contribution in [0.4, 0.5) is 10.8 Å². The van der Waals surface area contributed by atoms with Crippen LogP contribution in [0.2, 0.25) is 0 Å². The molecule has 2 aromatic carbocycles. The SMILES string of the molecule is CCOc1cccc2sc(N(CCCN(C)C)C(=O)c3ccc(N(C)C)cc3)nc12. The van der Waals surface area contributed by atoms with Crippen molar-refractivity contribution in [3.8, 4) is 5.75 Å². The molecule has 3 aromatic rings. The maximum Gasteiger partial charge on any atom is 0.260 e. The highest BCUT2D eigenvalue weighted by Crippen LogP contribution is 2.35. The number of ether oxygens (including phenoxy) is 1. The van der Waals surface area contributed by atoms with Gasteiger partial charge in [0.15, 0.2) is 5.13 Å². The lowest BCUT2D eigenvalue weighted by Crippen LogP contribution is -2.33. The zero-order chi connectivity index (χ0) is 21.7. The van der Waals surface area contributed by atoms with Crippen LogP contribution in [0.1, 0.15) is 23.7 Å². The fraction of sp³-hybridized carbons (Fsp3) is 0.391. The molecule has 0 aliphatic rings. The van der Waals surface area contributed by atoms with Crippen molar-refractivity contribution in [2.45, 2.75) is 13.3 Å². The van der Waals surface area contributed by atoms with E-state index in [4.69, 9.17) is 9.72 Å². The summed E-state index contributed by atoms with van der Waals surface area (Å²) in [6.07, 6.45) is 0.864. The van der Waals surface area contributed by atoms with Gasteiger partial charge in [0.05, 0.1) is 11.3 Å². The number of aromatic nitrogens is 1. The number of carbonyl (C=O) groups is 1. The third-order valence-electron chi connectivity index (χ3n) is 4.76. The summed E-state index contributed by atoms with van der Waals surface area (Å²) in [6, 6.07) is 13.6. The highest BCUT2D eigenvalue weighted by Gasteiger charge is 2.22. The Balaban J connectivity index is 1.94. The van der Waals surface area contributed by atoms with Gasteiger partial charge in [-0.1, -0.05) is 17.4 Å². The zero-order valence-electron chi connectivity index (χ0n) is 18.4. The van der Waals surface area contributed by atoms with Gasteiger partial charge in [0, 0.05) is 31.9 Å². The molecule has 0 aliphatic heterocycles. The predicted molar refractivity (Wildman–Crippen MR) is 126 cm³/mol. The zero-order valence-corrected chi connectivity index (χ0v) is 19.2. The molecule has 6 nitrogen and oxygen atoms in total. The first-order valence-corrected chi connectivity index (χ1v) is 11.0. The second kappa shape index (κ2) is 9.91. The summed E-state index contributed by atoms with van der Waals surface area (Å²) in [5.74, 6) is 0.726. The molecule has 1 heterocycles. The van der Waals surface area contributed by atoms with Crippen molar-refractivity contribution < 1.29 is 9.53 Å². The van der Waals surface area contributed by atoms with Gasteiger partial charge < -0.3 is 14.5 Å². The van der Waals surface area contributed by atoms with Gasteiger partial charge in [-0.15, -0.1) is 0 Å². The largest absolute Gasteiger partial charge is 0.492 e. The highest BCUT2D eigenvalue weighted by atomic mass is 32.1. The van der Waals surface area contributed by atoms with Crippen LogP contribution in [0.25, 0.3) is 10.2 Å². The van der Waals surface area contributed by atoms with Crippen LogP contribution < -0.4 is 14.5 Å². The van der Waals surface area contributed by atoms with Gasteiger partial charge in [-0.25, -0.2) is 4.98 Å². The van der Waals surface area contributed by atoms with E-state index in [0.717, 1.165) is 34.6 Å². The summed E-state index contributed by atoms with van der Waals surface area (Å²) >= 11 is 1.53. The molecule has 160 valence electrons. The summed E-state index contributed by atoms with van der Waals surface area (Å²) in [5.41, 5.74) is 2.54. The molecular weight excluding hydrogens is 396 g/mol. The average molecular weight is 427 g/mol. The molecule has 0 radical (unpaired) electrons. The van der Waals surface area contributed by atoms with E-state index in [9.17, 15) is 4.79 Å². The van der Waals surface area contributed by atoms with Crippen LogP contribution in [0, 0.1) is 0 Å². The van der Waals surface area contributed by atoms with E-state index in [-0.39, 0.29) is 5.91 Å². The third-order valence-corrected chi connectivity index (χ3v) is 5.81. The highest BCUT2D eigenvalue weighted by molar-refractivity contribution is 7.22. The van der Waals surface area contributed by atoms with Crippen LogP contribution in [0.3, 0.4) is 0 Å². The third kappa shape index (κ3) is 5.09. The van der Waals surface area contributed by atoms with E-state index < -0.39 is 0 Å². The Hall–Kier alpha value is -2.64. The van der Waals surface area contributed by atoms with Gasteiger partial charge in [-0.05, 0) is 70.4 Å². The molecule has 0 bridgehead atoms. The van der Waals surface area contributed by atoms with E-state index in [0.29, 0.717) is 23.8 Å². The number of hydrogen-bond donors (Lipinski definition) is 0. The van der Waals surface area contributed by atoms with Crippen LogP contribution in [0.15, 0.2) is 42.5 Å². The molecule has 1 amide bonds. The Bertz CT molecular complexity index is 983. The van der Waals surface area contributed by atoms with E-state index in [1.54, 1.807) is 4.90 Å². The van der Waals surface area contributed by atoms with Crippen molar-refractivity contribution in [2.75, 3.05) is 57.7 Å². The normalized spacial score (nSPS) is 11.1. The first kappa shape index (κ1) is 22.1. The van der Waals surface area contributed by atoms with Crippen molar-refractivity contribution in [3.63, 3.8) is 0 Å². The van der Waals surface area contributed by atoms with Gasteiger partial charge in [0.2, 0.25) is 0 Å². The maximum absolute atomic E-state index is 13.4. The molecule has 0 aliphatic carbocycles. The molecule has 0 saturated carbocycles. The minimum absolute atomic E-state index is 0.0314. The number of anilines is 2. The predicted octanol–water partition coefficient (Wildman–Crippen LogP) is 4.36. The smallest absolute Gasteiger partial charge is 0.260 e. The maximum atomic E-state index is 13.4. The summed E-state index contributed by atoms with van der Waals surface area (Å²) in [4.78, 5) is 24.2. The number of fused-ring (bicyclic) bond motifs is 1. The topological polar surface area (TPSA) is 48.9 Å². The van der Waals surface area contributed by atoms with Gasteiger partial charge in [0.1, 0.15) is 11.3 Å². The van der Waals surface area contributed by atoms with E-state index in [1.807, 2.05) is 82.5 Å². The fourth-order valence-corrected chi connectivity index (χ4v) is 4.19. The summed E-state index contributed by atoms with van der Waals surface area (Å²) in [6.45, 7) is 4.05. The van der Waals surface area contributed by atoms with Crippen molar-refractivity contribution in [2.24, 2.45) is 0 Å². The van der Waals surface area contributed by atoms with Gasteiger partial charge >= 0.3 is 0 Å². The first-order valence-electron chi connectivity index (χ1n) is 10.2. The van der Waals surface area contributed by atoms with Crippen molar-refractivity contribution in [3.05, 3.63) is 48.0 Å². The molecule has 0 spiro atoms. The molecule has 3 rings (SSSR count). The Morgan fingerprint density at radius 3 is 2.40 bits per heavy atom. The van der Waals surface area contributed by atoms with Gasteiger partial charge in [-0.2, -0.15) is 0 Å². The fourth-order valence-electron chi connectivity index (χ4n) is 3.19. The lowest BCUT2D eigenvalue weighted by Gasteiger charge is -2.21.